The minimum absolute atomic E-state index is 0.234. The van der Waals surface area contributed by atoms with Gasteiger partial charge in [-0.25, -0.2) is 0 Å². The molecule has 2 atom stereocenters. The molecule has 1 heterocycles. The van der Waals surface area contributed by atoms with Gasteiger partial charge in [0.05, 0.1) is 13.0 Å². The van der Waals surface area contributed by atoms with Crippen LogP contribution in [0.2, 0.25) is 0 Å². The number of ether oxygens (including phenoxy) is 2. The normalized spacial score (nSPS) is 29.3. The number of methoxy groups -OCH3 is 1. The summed E-state index contributed by atoms with van der Waals surface area (Å²) < 4.78 is 9.45. The van der Waals surface area contributed by atoms with Crippen LogP contribution < -0.4 is 0 Å². The Morgan fingerprint density at radius 1 is 1.67 bits per heavy atom. The van der Waals surface area contributed by atoms with Gasteiger partial charge in [0.25, 0.3) is 0 Å². The highest BCUT2D eigenvalue weighted by molar-refractivity contribution is 5.77. The summed E-state index contributed by atoms with van der Waals surface area (Å²) in [5, 5.41) is 0. The number of rotatable bonds is 1. The molecule has 0 aromatic rings. The van der Waals surface area contributed by atoms with E-state index in [4.69, 9.17) is 4.74 Å². The van der Waals surface area contributed by atoms with Crippen LogP contribution in [-0.2, 0) is 19.1 Å². The third-order valence-corrected chi connectivity index (χ3v) is 2.05. The number of hydrogen-bond acceptors (Lipinski definition) is 4. The fourth-order valence-electron chi connectivity index (χ4n) is 1.32. The van der Waals surface area contributed by atoms with Crippen LogP contribution in [0.3, 0.4) is 0 Å². The number of carbonyl (C=O) groups excluding carboxylic acids is 2. The van der Waals surface area contributed by atoms with Gasteiger partial charge in [-0.2, -0.15) is 0 Å². The lowest BCUT2D eigenvalue weighted by atomic mass is 9.95. The fraction of sp³-hybridized carbons (Fsp3) is 0.750. The average Bonchev–Trinajstić information content (AvgIpc) is 2.03. The maximum Gasteiger partial charge on any atom is 0.312 e. The second-order valence-corrected chi connectivity index (χ2v) is 2.86. The van der Waals surface area contributed by atoms with E-state index in [2.05, 4.69) is 4.74 Å². The molecule has 1 fully saturated rings. The van der Waals surface area contributed by atoms with Crippen LogP contribution in [-0.4, -0.2) is 25.2 Å². The molecule has 4 nitrogen and oxygen atoms in total. The monoisotopic (exact) mass is 172 g/mol. The standard InChI is InChI=1S/C8H12O4/c1-5-6(8(10)11-2)3-4-7(9)12-5/h5-6H,3-4H2,1-2H3/t5-,6+/m1/s1. The molecule has 1 saturated heterocycles. The van der Waals surface area contributed by atoms with Crippen molar-refractivity contribution in [2.45, 2.75) is 25.9 Å². The van der Waals surface area contributed by atoms with E-state index < -0.39 is 0 Å². The maximum atomic E-state index is 11.1. The van der Waals surface area contributed by atoms with Crippen LogP contribution in [0.15, 0.2) is 0 Å². The smallest absolute Gasteiger partial charge is 0.312 e. The zero-order chi connectivity index (χ0) is 9.14. The fourth-order valence-corrected chi connectivity index (χ4v) is 1.32. The SMILES string of the molecule is COC(=O)[C@H]1CCC(=O)O[C@@H]1C. The van der Waals surface area contributed by atoms with Crippen molar-refractivity contribution >= 4 is 11.9 Å². The molecule has 1 aliphatic heterocycles. The van der Waals surface area contributed by atoms with Crippen molar-refractivity contribution in [3.8, 4) is 0 Å². The van der Waals surface area contributed by atoms with E-state index in [0.717, 1.165) is 0 Å². The number of hydrogen-bond donors (Lipinski definition) is 0. The Kier molecular flexibility index (Phi) is 2.68. The van der Waals surface area contributed by atoms with Crippen molar-refractivity contribution in [2.75, 3.05) is 7.11 Å². The summed E-state index contributed by atoms with van der Waals surface area (Å²) in [5.41, 5.74) is 0. The summed E-state index contributed by atoms with van der Waals surface area (Å²) >= 11 is 0. The lowest BCUT2D eigenvalue weighted by molar-refractivity contribution is -0.166. The first-order valence-corrected chi connectivity index (χ1v) is 3.92. The first kappa shape index (κ1) is 9.03. The Morgan fingerprint density at radius 3 is 2.83 bits per heavy atom. The van der Waals surface area contributed by atoms with Gasteiger partial charge in [0, 0.05) is 6.42 Å². The Bertz CT molecular complexity index is 199. The molecule has 1 aliphatic rings. The summed E-state index contributed by atoms with van der Waals surface area (Å²) in [4.78, 5) is 21.8. The van der Waals surface area contributed by atoms with Crippen molar-refractivity contribution in [3.05, 3.63) is 0 Å². The second kappa shape index (κ2) is 3.56. The first-order chi connectivity index (χ1) is 5.65. The summed E-state index contributed by atoms with van der Waals surface area (Å²) in [7, 11) is 1.34. The van der Waals surface area contributed by atoms with Crippen LogP contribution in [0.25, 0.3) is 0 Å². The molecule has 1 rings (SSSR count). The molecule has 68 valence electrons. The van der Waals surface area contributed by atoms with Crippen molar-refractivity contribution in [2.24, 2.45) is 5.92 Å². The summed E-state index contributed by atoms with van der Waals surface area (Å²) in [6, 6.07) is 0. The predicted molar refractivity (Wildman–Crippen MR) is 40.3 cm³/mol. The van der Waals surface area contributed by atoms with E-state index in [9.17, 15) is 9.59 Å². The minimum atomic E-state index is -0.348. The van der Waals surface area contributed by atoms with E-state index >= 15 is 0 Å². The van der Waals surface area contributed by atoms with E-state index in [1.807, 2.05) is 0 Å². The average molecular weight is 172 g/mol. The van der Waals surface area contributed by atoms with Crippen LogP contribution in [0.1, 0.15) is 19.8 Å². The van der Waals surface area contributed by atoms with E-state index in [1.165, 1.54) is 7.11 Å². The molecule has 0 unspecified atom stereocenters. The lowest BCUT2D eigenvalue weighted by Crippen LogP contribution is -2.35. The van der Waals surface area contributed by atoms with Crippen LogP contribution >= 0.6 is 0 Å². The van der Waals surface area contributed by atoms with Gasteiger partial charge in [-0.05, 0) is 13.3 Å². The van der Waals surface area contributed by atoms with Crippen molar-refractivity contribution in [1.82, 2.24) is 0 Å². The molecule has 0 bridgehead atoms. The van der Waals surface area contributed by atoms with E-state index in [-0.39, 0.29) is 24.0 Å². The van der Waals surface area contributed by atoms with Crippen molar-refractivity contribution < 1.29 is 19.1 Å². The first-order valence-electron chi connectivity index (χ1n) is 3.92. The molecule has 0 aromatic heterocycles. The molecule has 0 N–H and O–H groups in total. The maximum absolute atomic E-state index is 11.1. The molecule has 0 saturated carbocycles. The number of cyclic esters (lactones) is 1. The van der Waals surface area contributed by atoms with Crippen LogP contribution in [0.4, 0.5) is 0 Å². The molecule has 0 aliphatic carbocycles. The quantitative estimate of drug-likeness (QED) is 0.540. The van der Waals surface area contributed by atoms with Gasteiger partial charge in [-0.3, -0.25) is 9.59 Å². The highest BCUT2D eigenvalue weighted by Gasteiger charge is 2.33. The Balaban J connectivity index is 2.56. The third-order valence-electron chi connectivity index (χ3n) is 2.05. The Hall–Kier alpha value is -1.06. The highest BCUT2D eigenvalue weighted by Crippen LogP contribution is 2.22. The summed E-state index contributed by atoms with van der Waals surface area (Å²) in [5.74, 6) is -0.814. The largest absolute Gasteiger partial charge is 0.469 e. The van der Waals surface area contributed by atoms with Gasteiger partial charge in [0.15, 0.2) is 0 Å². The van der Waals surface area contributed by atoms with Crippen molar-refractivity contribution in [3.63, 3.8) is 0 Å². The minimum Gasteiger partial charge on any atom is -0.469 e. The summed E-state index contributed by atoms with van der Waals surface area (Å²) in [6.07, 6.45) is 0.496. The Morgan fingerprint density at radius 2 is 2.33 bits per heavy atom. The van der Waals surface area contributed by atoms with Gasteiger partial charge in [-0.15, -0.1) is 0 Å². The number of carbonyl (C=O) groups is 2. The van der Waals surface area contributed by atoms with Gasteiger partial charge >= 0.3 is 11.9 Å². The van der Waals surface area contributed by atoms with Crippen LogP contribution in [0, 0.1) is 5.92 Å². The lowest BCUT2D eigenvalue weighted by Gasteiger charge is -2.25. The Labute approximate surface area is 70.8 Å². The predicted octanol–water partition coefficient (Wildman–Crippen LogP) is 0.501. The van der Waals surface area contributed by atoms with Gasteiger partial charge in [0.1, 0.15) is 6.10 Å². The molecule has 0 radical (unpaired) electrons. The van der Waals surface area contributed by atoms with E-state index in [0.29, 0.717) is 12.8 Å². The highest BCUT2D eigenvalue weighted by atomic mass is 16.6. The molecular formula is C8H12O4. The van der Waals surface area contributed by atoms with Gasteiger partial charge < -0.3 is 9.47 Å². The zero-order valence-electron chi connectivity index (χ0n) is 7.20. The number of esters is 2. The van der Waals surface area contributed by atoms with Gasteiger partial charge in [0.2, 0.25) is 0 Å². The third kappa shape index (κ3) is 1.75. The topological polar surface area (TPSA) is 52.6 Å². The molecule has 0 amide bonds. The molecule has 0 aromatic carbocycles. The zero-order valence-corrected chi connectivity index (χ0v) is 7.20. The molecular weight excluding hydrogens is 160 g/mol. The summed E-state index contributed by atoms with van der Waals surface area (Å²) in [6.45, 7) is 1.71. The molecule has 4 heteroatoms. The molecule has 0 spiro atoms. The second-order valence-electron chi connectivity index (χ2n) is 2.86. The van der Waals surface area contributed by atoms with Crippen molar-refractivity contribution in [1.29, 1.82) is 0 Å². The van der Waals surface area contributed by atoms with Gasteiger partial charge in [-0.1, -0.05) is 0 Å². The molecule has 12 heavy (non-hydrogen) atoms. The van der Waals surface area contributed by atoms with E-state index in [1.54, 1.807) is 6.92 Å². The van der Waals surface area contributed by atoms with Crippen LogP contribution in [0.5, 0.6) is 0 Å².